The van der Waals surface area contributed by atoms with Crippen LogP contribution in [0.25, 0.3) is 0 Å². The van der Waals surface area contributed by atoms with Gasteiger partial charge in [0, 0.05) is 19.5 Å². The highest BCUT2D eigenvalue weighted by Gasteiger charge is 2.64. The molecule has 1 spiro atoms. The minimum absolute atomic E-state index is 0.0789. The highest BCUT2D eigenvalue weighted by atomic mass is 16.7. The zero-order valence-electron chi connectivity index (χ0n) is 21.0. The molecule has 0 unspecified atom stereocenters. The molecule has 36 heavy (non-hydrogen) atoms. The number of rotatable bonds is 8. The number of alkyl carbamates (subject to hydrolysis) is 1. The Kier molecular flexibility index (Phi) is 7.39. The van der Waals surface area contributed by atoms with E-state index in [1.54, 1.807) is 20.8 Å². The normalized spacial score (nSPS) is 21.8. The molecule has 11 heteroatoms. The van der Waals surface area contributed by atoms with Gasteiger partial charge in [-0.15, -0.1) is 0 Å². The standard InChI is InChI=1S/C25H35N5O6/c1-24(2,3)36-22(33)26-13-7-10-20(31)27-28-21(32)18-14-25(11-12-25)19-15-29(18)23(34)30(19)35-16-17-8-5-4-6-9-17/h4-6,8-9,18-19H,7,10-16H2,1-3H3,(H,26,33)(H,27,31)(H,28,32)/t18-,19+/m0/s1. The Labute approximate surface area is 210 Å². The third-order valence-electron chi connectivity index (χ3n) is 6.75. The average Bonchev–Trinajstić information content (AvgIpc) is 3.53. The lowest BCUT2D eigenvalue weighted by Gasteiger charge is -2.35. The molecule has 4 rings (SSSR count). The van der Waals surface area contributed by atoms with Gasteiger partial charge in [0.1, 0.15) is 18.2 Å². The first-order valence-corrected chi connectivity index (χ1v) is 12.4. The Morgan fingerprint density at radius 1 is 1.11 bits per heavy atom. The lowest BCUT2D eigenvalue weighted by atomic mass is 9.85. The van der Waals surface area contributed by atoms with Crippen LogP contribution in [0.15, 0.2) is 30.3 Å². The van der Waals surface area contributed by atoms with Crippen LogP contribution in [0.4, 0.5) is 9.59 Å². The largest absolute Gasteiger partial charge is 0.444 e. The fourth-order valence-corrected chi connectivity index (χ4v) is 4.76. The second-order valence-corrected chi connectivity index (χ2v) is 10.7. The molecule has 2 aliphatic heterocycles. The van der Waals surface area contributed by atoms with E-state index in [1.807, 2.05) is 30.3 Å². The zero-order chi connectivity index (χ0) is 25.9. The SMILES string of the molecule is CC(C)(C)OC(=O)NCCCC(=O)NNC(=O)[C@@H]1CC2(CC2)[C@H]2CN1C(=O)N2OCc1ccccc1. The highest BCUT2D eigenvalue weighted by molar-refractivity contribution is 5.90. The second-order valence-electron chi connectivity index (χ2n) is 10.7. The molecule has 2 atom stereocenters. The van der Waals surface area contributed by atoms with Crippen molar-refractivity contribution in [2.75, 3.05) is 13.1 Å². The third-order valence-corrected chi connectivity index (χ3v) is 6.75. The summed E-state index contributed by atoms with van der Waals surface area (Å²) in [7, 11) is 0. The second kappa shape index (κ2) is 10.3. The molecular weight excluding hydrogens is 466 g/mol. The predicted molar refractivity (Wildman–Crippen MR) is 129 cm³/mol. The molecular formula is C25H35N5O6. The van der Waals surface area contributed by atoms with E-state index in [4.69, 9.17) is 9.57 Å². The van der Waals surface area contributed by atoms with Crippen LogP contribution >= 0.6 is 0 Å². The number of carbonyl (C=O) groups is 4. The minimum Gasteiger partial charge on any atom is -0.444 e. The Balaban J connectivity index is 1.23. The molecule has 1 aromatic carbocycles. The van der Waals surface area contributed by atoms with Gasteiger partial charge in [-0.1, -0.05) is 30.3 Å². The number of hydrogen-bond donors (Lipinski definition) is 3. The van der Waals surface area contributed by atoms with Gasteiger partial charge >= 0.3 is 12.1 Å². The average molecular weight is 502 g/mol. The number of hydrogen-bond acceptors (Lipinski definition) is 6. The highest BCUT2D eigenvalue weighted by Crippen LogP contribution is 2.59. The van der Waals surface area contributed by atoms with E-state index in [0.29, 0.717) is 19.4 Å². The molecule has 0 radical (unpaired) electrons. The van der Waals surface area contributed by atoms with Crippen LogP contribution in [-0.4, -0.2) is 64.7 Å². The molecule has 1 aliphatic carbocycles. The van der Waals surface area contributed by atoms with E-state index in [-0.39, 0.29) is 43.0 Å². The Hall–Kier alpha value is -3.34. The summed E-state index contributed by atoms with van der Waals surface area (Å²) in [5, 5.41) is 4.03. The molecule has 0 aromatic heterocycles. The maximum absolute atomic E-state index is 13.1. The molecule has 3 fully saturated rings. The number of ether oxygens (including phenoxy) is 1. The van der Waals surface area contributed by atoms with E-state index in [1.165, 1.54) is 9.96 Å². The minimum atomic E-state index is -0.671. The van der Waals surface area contributed by atoms with Crippen LogP contribution in [0.2, 0.25) is 0 Å². The van der Waals surface area contributed by atoms with Gasteiger partial charge in [0.2, 0.25) is 5.91 Å². The lowest BCUT2D eigenvalue weighted by Crippen LogP contribution is -2.56. The summed E-state index contributed by atoms with van der Waals surface area (Å²) in [6.07, 6.45) is 2.35. The number of hydrazine groups is 1. The zero-order valence-corrected chi connectivity index (χ0v) is 21.0. The number of fused-ring (bicyclic) bond motifs is 3. The van der Waals surface area contributed by atoms with Gasteiger partial charge in [-0.25, -0.2) is 9.59 Å². The first-order valence-electron chi connectivity index (χ1n) is 12.4. The van der Waals surface area contributed by atoms with E-state index in [0.717, 1.165) is 18.4 Å². The van der Waals surface area contributed by atoms with Crippen LogP contribution in [-0.2, 0) is 25.8 Å². The summed E-state index contributed by atoms with van der Waals surface area (Å²) in [6, 6.07) is 8.56. The molecule has 2 saturated heterocycles. The Morgan fingerprint density at radius 2 is 1.83 bits per heavy atom. The van der Waals surface area contributed by atoms with E-state index >= 15 is 0 Å². The predicted octanol–water partition coefficient (Wildman–Crippen LogP) is 2.23. The summed E-state index contributed by atoms with van der Waals surface area (Å²) in [6.45, 7) is 6.28. The van der Waals surface area contributed by atoms with Crippen molar-refractivity contribution in [2.45, 2.75) is 77.2 Å². The van der Waals surface area contributed by atoms with Crippen LogP contribution in [0.5, 0.6) is 0 Å². The molecule has 1 saturated carbocycles. The van der Waals surface area contributed by atoms with Crippen molar-refractivity contribution in [2.24, 2.45) is 5.41 Å². The van der Waals surface area contributed by atoms with E-state index in [2.05, 4.69) is 16.2 Å². The van der Waals surface area contributed by atoms with Crippen LogP contribution in [0.1, 0.15) is 58.4 Å². The van der Waals surface area contributed by atoms with Gasteiger partial charge in [-0.05, 0) is 57.4 Å². The monoisotopic (exact) mass is 501 g/mol. The van der Waals surface area contributed by atoms with Crippen molar-refractivity contribution in [3.8, 4) is 0 Å². The van der Waals surface area contributed by atoms with Crippen molar-refractivity contribution >= 4 is 23.9 Å². The fraction of sp³-hybridized carbons (Fsp3) is 0.600. The topological polar surface area (TPSA) is 129 Å². The van der Waals surface area contributed by atoms with Crippen molar-refractivity contribution in [3.63, 3.8) is 0 Å². The molecule has 2 bridgehead atoms. The van der Waals surface area contributed by atoms with Crippen LogP contribution in [0.3, 0.4) is 0 Å². The maximum atomic E-state index is 13.1. The first-order chi connectivity index (χ1) is 17.1. The number of nitrogens with zero attached hydrogens (tertiary/aromatic N) is 2. The summed E-state index contributed by atoms with van der Waals surface area (Å²) in [5.74, 6) is -0.803. The molecule has 1 aromatic rings. The summed E-state index contributed by atoms with van der Waals surface area (Å²) in [5.41, 5.74) is 5.14. The summed E-state index contributed by atoms with van der Waals surface area (Å²) >= 11 is 0. The first kappa shape index (κ1) is 25.7. The number of piperidine rings is 1. The third kappa shape index (κ3) is 6.07. The fourth-order valence-electron chi connectivity index (χ4n) is 4.76. The van der Waals surface area contributed by atoms with Crippen LogP contribution in [0, 0.1) is 5.41 Å². The number of carbonyl (C=O) groups excluding carboxylic acids is 4. The summed E-state index contributed by atoms with van der Waals surface area (Å²) in [4.78, 5) is 57.3. The summed E-state index contributed by atoms with van der Waals surface area (Å²) < 4.78 is 5.14. The van der Waals surface area contributed by atoms with Crippen molar-refractivity contribution < 1.29 is 28.8 Å². The number of amides is 5. The Morgan fingerprint density at radius 3 is 2.50 bits per heavy atom. The van der Waals surface area contributed by atoms with Crippen LogP contribution < -0.4 is 16.2 Å². The Bertz CT molecular complexity index is 990. The van der Waals surface area contributed by atoms with Crippen molar-refractivity contribution in [3.05, 3.63) is 35.9 Å². The van der Waals surface area contributed by atoms with E-state index in [9.17, 15) is 19.2 Å². The lowest BCUT2D eigenvalue weighted by molar-refractivity contribution is -0.153. The molecule has 5 amide bonds. The van der Waals surface area contributed by atoms with E-state index < -0.39 is 23.6 Å². The number of nitrogens with one attached hydrogen (secondary N) is 3. The van der Waals surface area contributed by atoms with Gasteiger partial charge in [0.25, 0.3) is 5.91 Å². The quantitative estimate of drug-likeness (QED) is 0.370. The molecule has 3 aliphatic rings. The molecule has 2 heterocycles. The number of urea groups is 1. The maximum Gasteiger partial charge on any atom is 0.407 e. The van der Waals surface area contributed by atoms with Gasteiger partial charge in [-0.2, -0.15) is 5.06 Å². The van der Waals surface area contributed by atoms with Gasteiger partial charge < -0.3 is 15.0 Å². The molecule has 11 nitrogen and oxygen atoms in total. The smallest absolute Gasteiger partial charge is 0.407 e. The van der Waals surface area contributed by atoms with Crippen molar-refractivity contribution in [1.29, 1.82) is 0 Å². The molecule has 3 N–H and O–H groups in total. The van der Waals surface area contributed by atoms with Gasteiger partial charge in [0.05, 0.1) is 6.04 Å². The van der Waals surface area contributed by atoms with Crippen molar-refractivity contribution in [1.82, 2.24) is 26.1 Å². The number of benzene rings is 1. The van der Waals surface area contributed by atoms with Gasteiger partial charge in [-0.3, -0.25) is 25.3 Å². The molecule has 196 valence electrons. The number of hydroxylamine groups is 2. The van der Waals surface area contributed by atoms with Gasteiger partial charge in [0.15, 0.2) is 0 Å².